The number of nitro benzene ring substituents is 1. The van der Waals surface area contributed by atoms with Gasteiger partial charge in [0.2, 0.25) is 0 Å². The van der Waals surface area contributed by atoms with Gasteiger partial charge in [-0.15, -0.1) is 11.5 Å². The average Bonchev–Trinajstić information content (AvgIpc) is 2.27. The van der Waals surface area contributed by atoms with Crippen LogP contribution in [-0.2, 0) is 0 Å². The number of non-ortho nitro benzene ring substituents is 1. The Labute approximate surface area is 115 Å². The molecule has 0 aromatic heterocycles. The molecule has 0 heterocycles. The lowest BCUT2D eigenvalue weighted by Crippen LogP contribution is -2.16. The number of hydrogen-bond acceptors (Lipinski definition) is 2. The maximum atomic E-state index is 10.5. The van der Waals surface area contributed by atoms with E-state index in [-0.39, 0.29) is 10.6 Å². The van der Waals surface area contributed by atoms with Crippen LogP contribution in [0.1, 0.15) is 18.9 Å². The van der Waals surface area contributed by atoms with E-state index in [9.17, 15) is 10.1 Å². The summed E-state index contributed by atoms with van der Waals surface area (Å²) in [7, 11) is -1.30. The minimum atomic E-state index is -1.30. The maximum absolute atomic E-state index is 10.5. The molecule has 0 radical (unpaired) electrons. The van der Waals surface area contributed by atoms with Crippen molar-refractivity contribution in [2.45, 2.75) is 33.0 Å². The third-order valence-corrected chi connectivity index (χ3v) is 3.27. The van der Waals surface area contributed by atoms with Gasteiger partial charge in [-0.3, -0.25) is 10.1 Å². The lowest BCUT2D eigenvalue weighted by Gasteiger charge is -2.03. The predicted molar refractivity (Wildman–Crippen MR) is 82.5 cm³/mol. The van der Waals surface area contributed by atoms with E-state index < -0.39 is 8.07 Å². The van der Waals surface area contributed by atoms with Gasteiger partial charge in [0.05, 0.1) is 4.92 Å². The van der Waals surface area contributed by atoms with Crippen LogP contribution in [-0.4, -0.2) is 13.0 Å². The first-order chi connectivity index (χ1) is 8.78. The summed E-state index contributed by atoms with van der Waals surface area (Å²) >= 11 is 0. The summed E-state index contributed by atoms with van der Waals surface area (Å²) in [4.78, 5) is 10.2. The summed E-state index contributed by atoms with van der Waals surface area (Å²) in [5, 5.41) is 10.5. The van der Waals surface area contributed by atoms with E-state index in [1.165, 1.54) is 17.7 Å². The van der Waals surface area contributed by atoms with Crippen LogP contribution in [0.3, 0.4) is 0 Å². The molecule has 0 aliphatic heterocycles. The third kappa shape index (κ3) is 6.02. The molecular weight excluding hydrogens is 254 g/mol. The zero-order valence-electron chi connectivity index (χ0n) is 11.9. The molecule has 0 unspecified atom stereocenters. The molecule has 0 fully saturated rings. The normalized spacial score (nSPS) is 11.7. The highest BCUT2D eigenvalue weighted by atomic mass is 28.3. The molecule has 0 amide bonds. The first-order valence-electron chi connectivity index (χ1n) is 6.19. The van der Waals surface area contributed by atoms with Crippen LogP contribution in [0, 0.1) is 21.6 Å². The molecule has 0 N–H and O–H groups in total. The minimum absolute atomic E-state index is 0.119. The van der Waals surface area contributed by atoms with Crippen molar-refractivity contribution in [2.75, 3.05) is 0 Å². The van der Waals surface area contributed by atoms with E-state index in [4.69, 9.17) is 0 Å². The molecule has 1 aromatic rings. The summed E-state index contributed by atoms with van der Waals surface area (Å²) in [6.45, 7) is 8.68. The van der Waals surface area contributed by atoms with Crippen molar-refractivity contribution < 1.29 is 4.92 Å². The first-order valence-corrected chi connectivity index (χ1v) is 9.69. The Morgan fingerprint density at radius 2 is 1.89 bits per heavy atom. The van der Waals surface area contributed by atoms with E-state index in [1.54, 1.807) is 12.1 Å². The summed E-state index contributed by atoms with van der Waals surface area (Å²) in [5.41, 5.74) is 5.58. The van der Waals surface area contributed by atoms with Crippen LogP contribution >= 0.6 is 0 Å². The van der Waals surface area contributed by atoms with Crippen molar-refractivity contribution in [1.82, 2.24) is 0 Å². The van der Waals surface area contributed by atoms with E-state index in [1.807, 2.05) is 13.0 Å². The molecule has 1 aromatic carbocycles. The SMILES string of the molecule is C/C(=C\c1ccc([N+](=O)[O-])cc1)CC#C[Si](C)(C)C. The van der Waals surface area contributed by atoms with Crippen LogP contribution in [0.25, 0.3) is 6.08 Å². The second-order valence-corrected chi connectivity index (χ2v) is 10.3. The molecule has 4 heteroatoms. The van der Waals surface area contributed by atoms with Gasteiger partial charge in [-0.05, 0) is 24.6 Å². The van der Waals surface area contributed by atoms with Crippen LogP contribution in [0.4, 0.5) is 5.69 Å². The van der Waals surface area contributed by atoms with Crippen LogP contribution < -0.4 is 0 Å². The number of hydrogen-bond donors (Lipinski definition) is 0. The van der Waals surface area contributed by atoms with E-state index in [0.717, 1.165) is 12.0 Å². The Bertz CT molecular complexity index is 542. The standard InChI is InChI=1S/C15H19NO2Si/c1-13(6-5-11-19(2,3)4)12-14-7-9-15(10-8-14)16(17)18/h7-10,12H,6H2,1-4H3/b13-12+. The van der Waals surface area contributed by atoms with Gasteiger partial charge in [0.25, 0.3) is 5.69 Å². The van der Waals surface area contributed by atoms with Gasteiger partial charge in [0, 0.05) is 18.6 Å². The van der Waals surface area contributed by atoms with Gasteiger partial charge in [0.15, 0.2) is 0 Å². The third-order valence-electron chi connectivity index (χ3n) is 2.35. The molecule has 0 spiro atoms. The highest BCUT2D eigenvalue weighted by Gasteiger charge is 2.07. The summed E-state index contributed by atoms with van der Waals surface area (Å²) in [6, 6.07) is 6.56. The number of rotatable bonds is 3. The lowest BCUT2D eigenvalue weighted by molar-refractivity contribution is -0.384. The Balaban J connectivity index is 2.73. The topological polar surface area (TPSA) is 43.1 Å². The second-order valence-electron chi connectivity index (χ2n) is 5.57. The van der Waals surface area contributed by atoms with Gasteiger partial charge < -0.3 is 0 Å². The number of benzene rings is 1. The maximum Gasteiger partial charge on any atom is 0.269 e. The molecule has 0 aliphatic rings. The highest BCUT2D eigenvalue weighted by Crippen LogP contribution is 2.15. The molecule has 0 saturated carbocycles. The quantitative estimate of drug-likeness (QED) is 0.357. The Kier molecular flexibility index (Phi) is 5.08. The highest BCUT2D eigenvalue weighted by molar-refractivity contribution is 6.83. The molecule has 0 bridgehead atoms. The summed E-state index contributed by atoms with van der Waals surface area (Å²) in [6.07, 6.45) is 2.77. The van der Waals surface area contributed by atoms with Crippen molar-refractivity contribution in [3.05, 3.63) is 45.5 Å². The largest absolute Gasteiger partial charge is 0.269 e. The van der Waals surface area contributed by atoms with Crippen LogP contribution in [0.2, 0.25) is 19.6 Å². The van der Waals surface area contributed by atoms with Gasteiger partial charge >= 0.3 is 0 Å². The average molecular weight is 273 g/mol. The zero-order valence-corrected chi connectivity index (χ0v) is 12.9. The molecule has 0 saturated heterocycles. The monoisotopic (exact) mass is 273 g/mol. The zero-order chi connectivity index (χ0) is 14.5. The van der Waals surface area contributed by atoms with Crippen LogP contribution in [0.15, 0.2) is 29.8 Å². The van der Waals surface area contributed by atoms with Crippen LogP contribution in [0.5, 0.6) is 0 Å². The minimum Gasteiger partial charge on any atom is -0.258 e. The molecule has 3 nitrogen and oxygen atoms in total. The predicted octanol–water partition coefficient (Wildman–Crippen LogP) is 4.27. The number of allylic oxidation sites excluding steroid dienone is 1. The fraction of sp³-hybridized carbons (Fsp3) is 0.333. The van der Waals surface area contributed by atoms with E-state index in [0.29, 0.717) is 0 Å². The smallest absolute Gasteiger partial charge is 0.258 e. The molecular formula is C15H19NO2Si. The first kappa shape index (κ1) is 15.2. The van der Waals surface area contributed by atoms with Gasteiger partial charge in [0.1, 0.15) is 8.07 Å². The summed E-state index contributed by atoms with van der Waals surface area (Å²) in [5.74, 6) is 3.21. The van der Waals surface area contributed by atoms with Crippen molar-refractivity contribution in [3.63, 3.8) is 0 Å². The van der Waals surface area contributed by atoms with Crippen molar-refractivity contribution in [2.24, 2.45) is 0 Å². The van der Waals surface area contributed by atoms with Gasteiger partial charge in [-0.2, -0.15) is 0 Å². The second kappa shape index (κ2) is 6.35. The fourth-order valence-corrected chi connectivity index (χ4v) is 2.10. The van der Waals surface area contributed by atoms with Crippen molar-refractivity contribution in [1.29, 1.82) is 0 Å². The van der Waals surface area contributed by atoms with Gasteiger partial charge in [-0.25, -0.2) is 0 Å². The lowest BCUT2D eigenvalue weighted by atomic mass is 10.1. The Morgan fingerprint density at radius 3 is 2.37 bits per heavy atom. The van der Waals surface area contributed by atoms with Crippen molar-refractivity contribution >= 4 is 19.8 Å². The molecule has 19 heavy (non-hydrogen) atoms. The van der Waals surface area contributed by atoms with Crippen molar-refractivity contribution in [3.8, 4) is 11.5 Å². The summed E-state index contributed by atoms with van der Waals surface area (Å²) < 4.78 is 0. The molecule has 100 valence electrons. The number of nitrogens with zero attached hydrogens (tertiary/aromatic N) is 1. The molecule has 0 atom stereocenters. The number of nitro groups is 1. The fourth-order valence-electron chi connectivity index (χ4n) is 1.48. The Hall–Kier alpha value is -1.86. The Morgan fingerprint density at radius 1 is 1.32 bits per heavy atom. The molecule has 1 rings (SSSR count). The van der Waals surface area contributed by atoms with Gasteiger partial charge in [-0.1, -0.05) is 31.3 Å². The van der Waals surface area contributed by atoms with E-state index >= 15 is 0 Å². The molecule has 0 aliphatic carbocycles. The van der Waals surface area contributed by atoms with E-state index in [2.05, 4.69) is 31.1 Å².